The smallest absolute Gasteiger partial charge is 0.207 e. The second-order valence-electron chi connectivity index (χ2n) is 4.47. The van der Waals surface area contributed by atoms with Gasteiger partial charge in [0.05, 0.1) is 4.90 Å². The Kier molecular flexibility index (Phi) is 5.65. The van der Waals surface area contributed by atoms with Crippen LogP contribution in [0.15, 0.2) is 60.8 Å². The molecule has 0 saturated carbocycles. The van der Waals surface area contributed by atoms with E-state index in [-0.39, 0.29) is 4.90 Å². The first-order valence-electron chi connectivity index (χ1n) is 5.96. The van der Waals surface area contributed by atoms with Crippen LogP contribution in [0.4, 0.5) is 0 Å². The Balaban J connectivity index is 2.30. The molecule has 0 saturated heterocycles. The minimum atomic E-state index is -3.55. The van der Waals surface area contributed by atoms with Gasteiger partial charge >= 0.3 is 0 Å². The van der Waals surface area contributed by atoms with Crippen molar-refractivity contribution in [3.8, 4) is 0 Å². The molecule has 0 radical (unpaired) electrons. The highest BCUT2D eigenvalue weighted by Crippen LogP contribution is 2.28. The van der Waals surface area contributed by atoms with Crippen molar-refractivity contribution in [2.75, 3.05) is 7.05 Å². The molecule has 0 atom stereocenters. The Bertz CT molecular complexity index is 763. The summed E-state index contributed by atoms with van der Waals surface area (Å²) < 4.78 is 28.9. The number of nitrogens with zero attached hydrogens (tertiary/aromatic N) is 1. The molecule has 2 rings (SSSR count). The summed E-state index contributed by atoms with van der Waals surface area (Å²) in [6.07, 6.45) is 0. The molecular weight excluding hydrogens is 486 g/mol. The fraction of sp³-hybridized carbons (Fsp3) is 0.143. The van der Waals surface area contributed by atoms with Gasteiger partial charge in [0, 0.05) is 27.0 Å². The number of halogens is 3. The van der Waals surface area contributed by atoms with Gasteiger partial charge in [-0.1, -0.05) is 44.0 Å². The zero-order valence-corrected chi connectivity index (χ0v) is 16.6. The largest absolute Gasteiger partial charge is 0.244 e. The van der Waals surface area contributed by atoms with E-state index >= 15 is 0 Å². The first kappa shape index (κ1) is 17.1. The number of benzene rings is 2. The van der Waals surface area contributed by atoms with Crippen LogP contribution >= 0.6 is 47.8 Å². The Morgan fingerprint density at radius 1 is 1.00 bits per heavy atom. The quantitative estimate of drug-likeness (QED) is 0.608. The van der Waals surface area contributed by atoms with Crippen LogP contribution in [0, 0.1) is 0 Å². The van der Waals surface area contributed by atoms with E-state index in [0.717, 1.165) is 14.5 Å². The zero-order valence-electron chi connectivity index (χ0n) is 11.1. The van der Waals surface area contributed by atoms with Crippen LogP contribution in [-0.4, -0.2) is 19.8 Å². The minimum absolute atomic E-state index is 0.253. The van der Waals surface area contributed by atoms with E-state index in [2.05, 4.69) is 47.8 Å². The molecule has 21 heavy (non-hydrogen) atoms. The monoisotopic (exact) mass is 495 g/mol. The Morgan fingerprint density at radius 3 is 2.29 bits per heavy atom. The van der Waals surface area contributed by atoms with Gasteiger partial charge in [-0.2, -0.15) is 4.31 Å². The van der Waals surface area contributed by atoms with Crippen molar-refractivity contribution >= 4 is 57.8 Å². The van der Waals surface area contributed by atoms with Gasteiger partial charge in [0.15, 0.2) is 0 Å². The summed E-state index contributed by atoms with van der Waals surface area (Å²) in [6, 6.07) is 12.6. The maximum absolute atomic E-state index is 12.6. The third-order valence-corrected chi connectivity index (χ3v) is 6.64. The van der Waals surface area contributed by atoms with Crippen LogP contribution in [0.25, 0.3) is 0 Å². The molecule has 2 aromatic carbocycles. The van der Waals surface area contributed by atoms with Gasteiger partial charge in [0.1, 0.15) is 0 Å². The summed E-state index contributed by atoms with van der Waals surface area (Å²) in [6.45, 7) is 0.310. The van der Waals surface area contributed by atoms with Crippen molar-refractivity contribution in [1.82, 2.24) is 4.31 Å². The molecule has 0 aliphatic heterocycles. The molecule has 0 aliphatic rings. The Morgan fingerprint density at radius 2 is 1.67 bits per heavy atom. The molecule has 0 unspecified atom stereocenters. The van der Waals surface area contributed by atoms with E-state index in [9.17, 15) is 8.42 Å². The molecule has 2 aromatic rings. The first-order chi connectivity index (χ1) is 9.80. The van der Waals surface area contributed by atoms with Gasteiger partial charge < -0.3 is 0 Å². The first-order valence-corrected chi connectivity index (χ1v) is 9.78. The van der Waals surface area contributed by atoms with Gasteiger partial charge in [0.2, 0.25) is 10.0 Å². The van der Waals surface area contributed by atoms with Crippen molar-refractivity contribution in [2.45, 2.75) is 11.4 Å². The highest BCUT2D eigenvalue weighted by atomic mass is 79.9. The second kappa shape index (κ2) is 6.91. The summed E-state index contributed by atoms with van der Waals surface area (Å²) in [4.78, 5) is 0.253. The summed E-state index contributed by atoms with van der Waals surface area (Å²) >= 11 is 10.0. The van der Waals surface area contributed by atoms with Crippen LogP contribution in [0.5, 0.6) is 0 Å². The van der Waals surface area contributed by atoms with Crippen LogP contribution < -0.4 is 0 Å². The summed E-state index contributed by atoms with van der Waals surface area (Å²) in [5.74, 6) is 0. The fourth-order valence-corrected chi connectivity index (χ4v) is 5.14. The molecule has 3 nitrogen and oxygen atoms in total. The highest BCUT2D eigenvalue weighted by Gasteiger charge is 2.23. The van der Waals surface area contributed by atoms with Gasteiger partial charge in [-0.25, -0.2) is 8.42 Å². The fourth-order valence-electron chi connectivity index (χ4n) is 1.83. The minimum Gasteiger partial charge on any atom is -0.207 e. The summed E-state index contributed by atoms with van der Waals surface area (Å²) in [7, 11) is -1.97. The van der Waals surface area contributed by atoms with E-state index < -0.39 is 10.0 Å². The molecule has 112 valence electrons. The normalized spacial score (nSPS) is 11.9. The molecule has 0 amide bonds. The predicted octanol–water partition coefficient (Wildman–Crippen LogP) is 4.79. The van der Waals surface area contributed by atoms with Gasteiger partial charge in [-0.15, -0.1) is 0 Å². The maximum Gasteiger partial charge on any atom is 0.244 e. The molecule has 0 spiro atoms. The van der Waals surface area contributed by atoms with E-state index in [4.69, 9.17) is 0 Å². The standard InChI is InChI=1S/C14H12Br3NO2S/c1-18(9-10-3-2-4-11(15)7-10)21(19,20)14-6-5-12(16)8-13(14)17/h2-8H,9H2,1H3. The van der Waals surface area contributed by atoms with Crippen LogP contribution in [-0.2, 0) is 16.6 Å². The molecular formula is C14H12Br3NO2S. The Hall–Kier alpha value is -0.210. The van der Waals surface area contributed by atoms with Crippen molar-refractivity contribution < 1.29 is 8.42 Å². The van der Waals surface area contributed by atoms with Crippen molar-refractivity contribution in [3.63, 3.8) is 0 Å². The lowest BCUT2D eigenvalue weighted by molar-refractivity contribution is 0.466. The van der Waals surface area contributed by atoms with E-state index in [1.807, 2.05) is 24.3 Å². The van der Waals surface area contributed by atoms with Gasteiger partial charge in [0.25, 0.3) is 0 Å². The number of hydrogen-bond donors (Lipinski definition) is 0. The molecule has 0 aliphatic carbocycles. The van der Waals surface area contributed by atoms with Crippen LogP contribution in [0.1, 0.15) is 5.56 Å². The second-order valence-corrected chi connectivity index (χ2v) is 9.16. The highest BCUT2D eigenvalue weighted by molar-refractivity contribution is 9.11. The molecule has 0 N–H and O–H groups in total. The average molecular weight is 498 g/mol. The van der Waals surface area contributed by atoms with Crippen LogP contribution in [0.2, 0.25) is 0 Å². The summed E-state index contributed by atoms with van der Waals surface area (Å²) in [5, 5.41) is 0. The van der Waals surface area contributed by atoms with Gasteiger partial charge in [-0.05, 0) is 51.8 Å². The van der Waals surface area contributed by atoms with Crippen molar-refractivity contribution in [1.29, 1.82) is 0 Å². The third kappa shape index (κ3) is 4.16. The van der Waals surface area contributed by atoms with Gasteiger partial charge in [-0.3, -0.25) is 0 Å². The summed E-state index contributed by atoms with van der Waals surface area (Å²) in [5.41, 5.74) is 0.920. The Labute approximate surface area is 149 Å². The zero-order chi connectivity index (χ0) is 15.6. The molecule has 7 heteroatoms. The molecule has 0 fully saturated rings. The molecule has 0 bridgehead atoms. The SMILES string of the molecule is CN(Cc1cccc(Br)c1)S(=O)(=O)c1ccc(Br)cc1Br. The molecule has 0 aromatic heterocycles. The van der Waals surface area contributed by atoms with E-state index in [1.165, 1.54) is 4.31 Å². The van der Waals surface area contributed by atoms with Crippen molar-refractivity contribution in [3.05, 3.63) is 61.4 Å². The lowest BCUT2D eigenvalue weighted by Gasteiger charge is -2.18. The van der Waals surface area contributed by atoms with E-state index in [1.54, 1.807) is 25.2 Å². The third-order valence-electron chi connectivity index (χ3n) is 2.88. The predicted molar refractivity (Wildman–Crippen MR) is 94.6 cm³/mol. The number of rotatable bonds is 4. The van der Waals surface area contributed by atoms with Crippen molar-refractivity contribution in [2.24, 2.45) is 0 Å². The molecule has 0 heterocycles. The number of sulfonamides is 1. The maximum atomic E-state index is 12.6. The van der Waals surface area contributed by atoms with Crippen LogP contribution in [0.3, 0.4) is 0 Å². The lowest BCUT2D eigenvalue weighted by atomic mass is 10.2. The number of hydrogen-bond acceptors (Lipinski definition) is 2. The lowest BCUT2D eigenvalue weighted by Crippen LogP contribution is -2.26. The topological polar surface area (TPSA) is 37.4 Å². The van der Waals surface area contributed by atoms with E-state index in [0.29, 0.717) is 11.0 Å². The average Bonchev–Trinajstić information content (AvgIpc) is 2.38.